The number of pyridine rings is 1. The maximum absolute atomic E-state index is 4.83. The highest BCUT2D eigenvalue weighted by molar-refractivity contribution is 5.82. The summed E-state index contributed by atoms with van der Waals surface area (Å²) in [7, 11) is 1.94. The maximum Gasteiger partial charge on any atom is 0.0943 e. The molecule has 0 aliphatic heterocycles. The minimum atomic E-state index is 0.0273. The number of nitrogens with one attached hydrogen (secondary N) is 1. The molecule has 1 N–H and O–H groups in total. The zero-order valence-corrected chi connectivity index (χ0v) is 12.7. The molecule has 2 heterocycles. The van der Waals surface area contributed by atoms with Gasteiger partial charge in [-0.1, -0.05) is 25.1 Å². The maximum atomic E-state index is 4.83. The number of fused-ring (bicyclic) bond motifs is 1. The third-order valence-corrected chi connectivity index (χ3v) is 3.68. The van der Waals surface area contributed by atoms with Crippen LogP contribution in [0.3, 0.4) is 0 Å². The van der Waals surface area contributed by atoms with Crippen molar-refractivity contribution in [2.75, 3.05) is 6.54 Å². The Balaban J connectivity index is 2.11. The van der Waals surface area contributed by atoms with E-state index in [2.05, 4.69) is 48.5 Å². The fourth-order valence-electron chi connectivity index (χ4n) is 2.68. The van der Waals surface area contributed by atoms with Gasteiger partial charge in [-0.05, 0) is 37.2 Å². The average molecular weight is 280 g/mol. The van der Waals surface area contributed by atoms with Crippen molar-refractivity contribution in [1.29, 1.82) is 0 Å². The van der Waals surface area contributed by atoms with Crippen LogP contribution in [0, 0.1) is 6.92 Å². The molecule has 0 amide bonds. The molecule has 1 unspecified atom stereocenters. The molecule has 4 nitrogen and oxygen atoms in total. The Hall–Kier alpha value is -2.20. The van der Waals surface area contributed by atoms with Gasteiger partial charge in [0, 0.05) is 18.6 Å². The summed E-state index contributed by atoms with van der Waals surface area (Å²) in [5, 5.41) is 9.22. The number of aryl methyl sites for hydroxylation is 2. The fraction of sp³-hybridized carbons (Fsp3) is 0.294. The van der Waals surface area contributed by atoms with E-state index in [0.717, 1.165) is 23.4 Å². The van der Waals surface area contributed by atoms with E-state index in [1.54, 1.807) is 0 Å². The van der Waals surface area contributed by atoms with Crippen LogP contribution in [0.5, 0.6) is 0 Å². The molecule has 0 spiro atoms. The molecule has 3 rings (SSSR count). The molecule has 1 aromatic carbocycles. The Labute approximate surface area is 124 Å². The highest BCUT2D eigenvalue weighted by Crippen LogP contribution is 2.24. The topological polar surface area (TPSA) is 42.7 Å². The molecular weight excluding hydrogens is 260 g/mol. The van der Waals surface area contributed by atoms with Crippen molar-refractivity contribution in [3.05, 3.63) is 59.5 Å². The van der Waals surface area contributed by atoms with Gasteiger partial charge in [0.25, 0.3) is 0 Å². The first-order valence-electron chi connectivity index (χ1n) is 7.28. The Morgan fingerprint density at radius 3 is 2.71 bits per heavy atom. The van der Waals surface area contributed by atoms with Gasteiger partial charge in [0.15, 0.2) is 0 Å². The van der Waals surface area contributed by atoms with Crippen molar-refractivity contribution in [2.24, 2.45) is 7.05 Å². The second kappa shape index (κ2) is 5.66. The van der Waals surface area contributed by atoms with Crippen LogP contribution in [-0.2, 0) is 7.05 Å². The minimum Gasteiger partial charge on any atom is -0.304 e. The van der Waals surface area contributed by atoms with E-state index in [0.29, 0.717) is 0 Å². The summed E-state index contributed by atoms with van der Waals surface area (Å²) in [6, 6.07) is 12.5. The van der Waals surface area contributed by atoms with Crippen LogP contribution >= 0.6 is 0 Å². The van der Waals surface area contributed by atoms with Crippen LogP contribution < -0.4 is 5.32 Å². The number of hydrogen-bond donors (Lipinski definition) is 1. The van der Waals surface area contributed by atoms with Gasteiger partial charge in [-0.15, -0.1) is 0 Å². The summed E-state index contributed by atoms with van der Waals surface area (Å²) >= 11 is 0. The summed E-state index contributed by atoms with van der Waals surface area (Å²) in [5.74, 6) is 0. The molecular formula is C17H20N4. The van der Waals surface area contributed by atoms with E-state index in [4.69, 9.17) is 4.98 Å². The smallest absolute Gasteiger partial charge is 0.0943 e. The number of rotatable bonds is 4. The van der Waals surface area contributed by atoms with Gasteiger partial charge in [-0.3, -0.25) is 9.67 Å². The lowest BCUT2D eigenvalue weighted by molar-refractivity contribution is 0.588. The van der Waals surface area contributed by atoms with E-state index in [1.165, 1.54) is 10.9 Å². The van der Waals surface area contributed by atoms with Gasteiger partial charge < -0.3 is 5.32 Å². The zero-order valence-electron chi connectivity index (χ0n) is 12.7. The molecule has 0 saturated heterocycles. The van der Waals surface area contributed by atoms with Crippen molar-refractivity contribution >= 4 is 10.9 Å². The van der Waals surface area contributed by atoms with Crippen molar-refractivity contribution in [1.82, 2.24) is 20.1 Å². The fourth-order valence-corrected chi connectivity index (χ4v) is 2.68. The first kappa shape index (κ1) is 13.8. The van der Waals surface area contributed by atoms with E-state index in [9.17, 15) is 0 Å². The SMILES string of the molecule is CCNC(c1cc(C)c2ccccc2n1)c1ccn(C)n1. The number of para-hydroxylation sites is 1. The molecule has 0 radical (unpaired) electrons. The van der Waals surface area contributed by atoms with E-state index in [1.807, 2.05) is 30.1 Å². The lowest BCUT2D eigenvalue weighted by Gasteiger charge is -2.17. The summed E-state index contributed by atoms with van der Waals surface area (Å²) in [5.41, 5.74) is 4.30. The first-order valence-corrected chi connectivity index (χ1v) is 7.28. The Bertz CT molecular complexity index is 760. The molecule has 21 heavy (non-hydrogen) atoms. The molecule has 1 atom stereocenters. The van der Waals surface area contributed by atoms with Crippen molar-refractivity contribution < 1.29 is 0 Å². The number of nitrogens with zero attached hydrogens (tertiary/aromatic N) is 3. The predicted octanol–water partition coefficient (Wildman–Crippen LogP) is 2.98. The van der Waals surface area contributed by atoms with E-state index in [-0.39, 0.29) is 6.04 Å². The Morgan fingerprint density at radius 2 is 2.00 bits per heavy atom. The van der Waals surface area contributed by atoms with Gasteiger partial charge in [0.1, 0.15) is 0 Å². The molecule has 2 aromatic heterocycles. The quantitative estimate of drug-likeness (QED) is 0.799. The molecule has 0 bridgehead atoms. The molecule has 108 valence electrons. The third-order valence-electron chi connectivity index (χ3n) is 3.68. The van der Waals surface area contributed by atoms with E-state index < -0.39 is 0 Å². The summed E-state index contributed by atoms with van der Waals surface area (Å²) in [6.07, 6.45) is 1.97. The lowest BCUT2D eigenvalue weighted by atomic mass is 10.0. The number of aromatic nitrogens is 3. The summed E-state index contributed by atoms with van der Waals surface area (Å²) in [4.78, 5) is 4.83. The van der Waals surface area contributed by atoms with Crippen molar-refractivity contribution in [2.45, 2.75) is 19.9 Å². The van der Waals surface area contributed by atoms with Gasteiger partial charge in [-0.2, -0.15) is 5.10 Å². The van der Waals surface area contributed by atoms with Crippen LogP contribution in [-0.4, -0.2) is 21.3 Å². The normalized spacial score (nSPS) is 12.7. The van der Waals surface area contributed by atoms with Gasteiger partial charge in [0.05, 0.1) is 22.9 Å². The second-order valence-corrected chi connectivity index (χ2v) is 5.29. The molecule has 0 aliphatic rings. The first-order chi connectivity index (χ1) is 10.2. The van der Waals surface area contributed by atoms with Crippen molar-refractivity contribution in [3.63, 3.8) is 0 Å². The summed E-state index contributed by atoms with van der Waals surface area (Å²) in [6.45, 7) is 5.10. The standard InChI is InChI=1S/C17H20N4/c1-4-18-17(15-9-10-21(3)20-15)16-11-12(2)13-7-5-6-8-14(13)19-16/h5-11,17-18H,4H2,1-3H3. The number of hydrogen-bond acceptors (Lipinski definition) is 3. The third kappa shape index (κ3) is 2.67. The Morgan fingerprint density at radius 1 is 1.19 bits per heavy atom. The lowest BCUT2D eigenvalue weighted by Crippen LogP contribution is -2.23. The monoisotopic (exact) mass is 280 g/mol. The highest BCUT2D eigenvalue weighted by atomic mass is 15.3. The van der Waals surface area contributed by atoms with Crippen LogP contribution in [0.2, 0.25) is 0 Å². The second-order valence-electron chi connectivity index (χ2n) is 5.29. The van der Waals surface area contributed by atoms with Gasteiger partial charge in [0.2, 0.25) is 0 Å². The minimum absolute atomic E-state index is 0.0273. The molecule has 0 aliphatic carbocycles. The number of benzene rings is 1. The van der Waals surface area contributed by atoms with Crippen LogP contribution in [0.4, 0.5) is 0 Å². The zero-order chi connectivity index (χ0) is 14.8. The average Bonchev–Trinajstić information content (AvgIpc) is 2.91. The van der Waals surface area contributed by atoms with Crippen molar-refractivity contribution in [3.8, 4) is 0 Å². The van der Waals surface area contributed by atoms with E-state index >= 15 is 0 Å². The highest BCUT2D eigenvalue weighted by Gasteiger charge is 2.18. The molecule has 3 aromatic rings. The van der Waals surface area contributed by atoms with Gasteiger partial charge in [-0.25, -0.2) is 0 Å². The van der Waals surface area contributed by atoms with Gasteiger partial charge >= 0.3 is 0 Å². The molecule has 0 saturated carbocycles. The van der Waals surface area contributed by atoms with Crippen LogP contribution in [0.1, 0.15) is 29.9 Å². The summed E-state index contributed by atoms with van der Waals surface area (Å²) < 4.78 is 1.83. The Kier molecular flexibility index (Phi) is 3.71. The predicted molar refractivity (Wildman–Crippen MR) is 85.2 cm³/mol. The largest absolute Gasteiger partial charge is 0.304 e. The molecule has 4 heteroatoms. The van der Waals surface area contributed by atoms with Crippen LogP contribution in [0.25, 0.3) is 10.9 Å². The van der Waals surface area contributed by atoms with Crippen LogP contribution in [0.15, 0.2) is 42.6 Å². The molecule has 0 fully saturated rings.